The normalized spacial score (nSPS) is 27.0. The van der Waals surface area contributed by atoms with Crippen molar-refractivity contribution in [3.8, 4) is 0 Å². The van der Waals surface area contributed by atoms with Crippen LogP contribution in [0.3, 0.4) is 0 Å². The first-order chi connectivity index (χ1) is 16.9. The lowest BCUT2D eigenvalue weighted by Gasteiger charge is -2.36. The molecule has 1 amide bonds. The molecule has 0 saturated carbocycles. The van der Waals surface area contributed by atoms with Gasteiger partial charge in [0.2, 0.25) is 5.91 Å². The van der Waals surface area contributed by atoms with E-state index in [1.165, 1.54) is 36.5 Å². The summed E-state index contributed by atoms with van der Waals surface area (Å²) in [4.78, 5) is 45.0. The number of pyridine rings is 1. The number of hydrogen-bond acceptors (Lipinski definition) is 7. The van der Waals surface area contributed by atoms with E-state index in [0.717, 1.165) is 5.56 Å². The smallest absolute Gasteiger partial charge is 0.269 e. The summed E-state index contributed by atoms with van der Waals surface area (Å²) in [7, 11) is 0. The number of fused-ring (bicyclic) bond motifs is 4. The van der Waals surface area contributed by atoms with Crippen LogP contribution in [0.15, 0.2) is 66.9 Å². The average molecular weight is 491 g/mol. The van der Waals surface area contributed by atoms with Crippen molar-refractivity contribution in [1.29, 1.82) is 0 Å². The minimum absolute atomic E-state index is 0.0576. The van der Waals surface area contributed by atoms with E-state index in [-0.39, 0.29) is 29.1 Å². The summed E-state index contributed by atoms with van der Waals surface area (Å²) >= 11 is 1.64. The fourth-order valence-electron chi connectivity index (χ4n) is 5.91. The summed E-state index contributed by atoms with van der Waals surface area (Å²) in [6, 6.07) is 15.1. The molecule has 176 valence electrons. The Morgan fingerprint density at radius 3 is 2.71 bits per heavy atom. The van der Waals surface area contributed by atoms with E-state index in [9.17, 15) is 24.1 Å². The Morgan fingerprint density at radius 2 is 2.00 bits per heavy atom. The second kappa shape index (κ2) is 7.96. The Bertz CT molecular complexity index is 1370. The summed E-state index contributed by atoms with van der Waals surface area (Å²) in [5, 5.41) is 14.1. The van der Waals surface area contributed by atoms with Crippen LogP contribution in [-0.2, 0) is 10.3 Å². The van der Waals surface area contributed by atoms with Gasteiger partial charge in [-0.05, 0) is 35.9 Å². The van der Waals surface area contributed by atoms with Gasteiger partial charge in [0.15, 0.2) is 5.78 Å². The Morgan fingerprint density at radius 1 is 1.20 bits per heavy atom. The third kappa shape index (κ3) is 3.06. The number of carbonyl (C=O) groups is 2. The van der Waals surface area contributed by atoms with E-state index in [0.29, 0.717) is 22.9 Å². The summed E-state index contributed by atoms with van der Waals surface area (Å²) in [5.74, 6) is -1.40. The maximum atomic E-state index is 14.5. The third-order valence-corrected chi connectivity index (χ3v) is 8.31. The Balaban J connectivity index is 1.60. The summed E-state index contributed by atoms with van der Waals surface area (Å²) < 4.78 is 14.5. The average Bonchev–Trinajstić information content (AvgIpc) is 3.53. The van der Waals surface area contributed by atoms with E-state index in [1.807, 2.05) is 4.90 Å². The van der Waals surface area contributed by atoms with Crippen LogP contribution in [0.5, 0.6) is 0 Å². The highest BCUT2D eigenvalue weighted by atomic mass is 32.2. The Hall–Kier alpha value is -3.63. The van der Waals surface area contributed by atoms with Crippen molar-refractivity contribution >= 4 is 34.8 Å². The van der Waals surface area contributed by atoms with Crippen LogP contribution in [0.25, 0.3) is 0 Å². The maximum Gasteiger partial charge on any atom is 0.269 e. The number of halogens is 1. The van der Waals surface area contributed by atoms with Crippen LogP contribution in [0.4, 0.5) is 15.8 Å². The molecule has 3 aliphatic rings. The minimum atomic E-state index is -1.42. The molecule has 6 rings (SSSR count). The van der Waals surface area contributed by atoms with Crippen LogP contribution in [0.2, 0.25) is 0 Å². The summed E-state index contributed by atoms with van der Waals surface area (Å²) in [6.45, 7) is 0. The Labute approximate surface area is 203 Å². The topological polar surface area (TPSA) is 105 Å². The van der Waals surface area contributed by atoms with E-state index < -0.39 is 28.1 Å². The molecule has 3 aromatic rings. The number of benzene rings is 2. The summed E-state index contributed by atoms with van der Waals surface area (Å²) in [6.07, 6.45) is 1.52. The number of anilines is 1. The molecule has 2 saturated heterocycles. The quantitative estimate of drug-likeness (QED) is 0.335. The highest BCUT2D eigenvalue weighted by Crippen LogP contribution is 2.61. The lowest BCUT2D eigenvalue weighted by Crippen LogP contribution is -2.52. The minimum Gasteiger partial charge on any atom is -0.324 e. The van der Waals surface area contributed by atoms with Crippen LogP contribution in [-0.4, -0.2) is 44.2 Å². The molecule has 0 radical (unpaired) electrons. The first kappa shape index (κ1) is 21.9. The first-order valence-electron chi connectivity index (χ1n) is 11.1. The zero-order valence-corrected chi connectivity index (χ0v) is 19.1. The van der Waals surface area contributed by atoms with E-state index >= 15 is 0 Å². The van der Waals surface area contributed by atoms with Gasteiger partial charge in [0.25, 0.3) is 5.69 Å². The number of ketones is 1. The van der Waals surface area contributed by atoms with Crippen LogP contribution in [0.1, 0.15) is 27.5 Å². The van der Waals surface area contributed by atoms with Gasteiger partial charge in [-0.2, -0.15) is 0 Å². The molecule has 1 aromatic heterocycles. The van der Waals surface area contributed by atoms with Crippen molar-refractivity contribution in [2.24, 2.45) is 5.92 Å². The molecule has 4 heterocycles. The zero-order valence-electron chi connectivity index (χ0n) is 18.3. The van der Waals surface area contributed by atoms with Gasteiger partial charge in [-0.25, -0.2) is 4.39 Å². The number of aromatic nitrogens is 1. The standard InChI is InChI=1S/C25H19FN4O4S/c26-15-6-9-18-17(11-15)25(24(32)28-18)22(23(31)19-3-1-2-10-27-19)21(20-12-35-13-29(20)25)14-4-7-16(8-5-14)30(33)34/h1-11,20-22H,12-13H2,(H,28,32)/t20-,21+,22-,25-/m0/s1. The lowest BCUT2D eigenvalue weighted by atomic mass is 9.70. The number of nitro benzene ring substituents is 1. The predicted molar refractivity (Wildman–Crippen MR) is 128 cm³/mol. The highest BCUT2D eigenvalue weighted by Gasteiger charge is 2.69. The number of rotatable bonds is 4. The number of nitro groups is 1. The molecule has 0 aliphatic carbocycles. The number of Topliss-reactive ketones (excluding diaryl/α,β-unsaturated/α-hetero) is 1. The molecule has 1 spiro atoms. The number of thioether (sulfide) groups is 1. The number of nitrogens with one attached hydrogen (secondary N) is 1. The number of amides is 1. The number of carbonyl (C=O) groups excluding carboxylic acids is 2. The molecule has 10 heteroatoms. The van der Waals surface area contributed by atoms with Crippen LogP contribution in [0, 0.1) is 21.8 Å². The largest absolute Gasteiger partial charge is 0.324 e. The molecule has 2 fully saturated rings. The fraction of sp³-hybridized carbons (Fsp3) is 0.240. The van der Waals surface area contributed by atoms with E-state index in [1.54, 1.807) is 42.1 Å². The molecular formula is C25H19FN4O4S. The summed E-state index contributed by atoms with van der Waals surface area (Å²) in [5.41, 5.74) is 0.376. The van der Waals surface area contributed by atoms with Gasteiger partial charge in [-0.1, -0.05) is 18.2 Å². The second-order valence-corrected chi connectivity index (χ2v) is 9.88. The first-order valence-corrected chi connectivity index (χ1v) is 12.2. The lowest BCUT2D eigenvalue weighted by molar-refractivity contribution is -0.384. The van der Waals surface area contributed by atoms with E-state index in [4.69, 9.17) is 0 Å². The zero-order chi connectivity index (χ0) is 24.3. The third-order valence-electron chi connectivity index (χ3n) is 7.27. The van der Waals surface area contributed by atoms with Crippen molar-refractivity contribution in [2.75, 3.05) is 16.9 Å². The fourth-order valence-corrected chi connectivity index (χ4v) is 7.23. The van der Waals surface area contributed by atoms with Gasteiger partial charge in [0.05, 0.1) is 10.8 Å². The second-order valence-electron chi connectivity index (χ2n) is 8.88. The Kier molecular flexibility index (Phi) is 4.97. The number of hydrogen-bond donors (Lipinski definition) is 1. The molecule has 0 bridgehead atoms. The number of nitrogens with zero attached hydrogens (tertiary/aromatic N) is 3. The van der Waals surface area contributed by atoms with Gasteiger partial charge in [-0.3, -0.25) is 29.6 Å². The van der Waals surface area contributed by atoms with Gasteiger partial charge in [0.1, 0.15) is 17.1 Å². The van der Waals surface area contributed by atoms with Crippen molar-refractivity contribution in [3.05, 3.63) is 99.6 Å². The van der Waals surface area contributed by atoms with Gasteiger partial charge in [-0.15, -0.1) is 11.8 Å². The molecule has 4 atom stereocenters. The molecule has 35 heavy (non-hydrogen) atoms. The van der Waals surface area contributed by atoms with Gasteiger partial charge >= 0.3 is 0 Å². The molecule has 2 aromatic carbocycles. The van der Waals surface area contributed by atoms with Crippen molar-refractivity contribution in [3.63, 3.8) is 0 Å². The van der Waals surface area contributed by atoms with Gasteiger partial charge < -0.3 is 5.32 Å². The molecular weight excluding hydrogens is 471 g/mol. The van der Waals surface area contributed by atoms with Crippen molar-refractivity contribution in [1.82, 2.24) is 9.88 Å². The molecule has 0 unspecified atom stereocenters. The van der Waals surface area contributed by atoms with Crippen LogP contribution < -0.4 is 5.32 Å². The molecule has 8 nitrogen and oxygen atoms in total. The highest BCUT2D eigenvalue weighted by molar-refractivity contribution is 7.99. The SMILES string of the molecule is O=C(c1ccccn1)[C@@H]1[C@H](c2ccc([N+](=O)[O-])cc2)[C@@H]2CSCN2[C@]12C(=O)Nc1ccc(F)cc12. The van der Waals surface area contributed by atoms with E-state index in [2.05, 4.69) is 10.3 Å². The number of non-ortho nitro benzene ring substituents is 1. The van der Waals surface area contributed by atoms with Crippen LogP contribution >= 0.6 is 11.8 Å². The van der Waals surface area contributed by atoms with Gasteiger partial charge in [0, 0.05) is 53.2 Å². The monoisotopic (exact) mass is 490 g/mol. The van der Waals surface area contributed by atoms with Crippen molar-refractivity contribution in [2.45, 2.75) is 17.5 Å². The molecule has 1 N–H and O–H groups in total. The predicted octanol–water partition coefficient (Wildman–Crippen LogP) is 3.95. The molecule has 3 aliphatic heterocycles. The maximum absolute atomic E-state index is 14.5. The van der Waals surface area contributed by atoms with Crippen molar-refractivity contribution < 1.29 is 18.9 Å².